The van der Waals surface area contributed by atoms with Crippen LogP contribution in [0.2, 0.25) is 0 Å². The van der Waals surface area contributed by atoms with Crippen LogP contribution in [0, 0.1) is 0 Å². The molecule has 0 aromatic heterocycles. The number of aliphatic hydroxyl groups is 1. The zero-order chi connectivity index (χ0) is 13.9. The van der Waals surface area contributed by atoms with Crippen LogP contribution < -0.4 is 0 Å². The monoisotopic (exact) mass is 284 g/mol. The summed E-state index contributed by atoms with van der Waals surface area (Å²) in [6.07, 6.45) is 1.32. The minimum absolute atomic E-state index is 0.0584. The van der Waals surface area contributed by atoms with Gasteiger partial charge in [-0.05, 0) is 12.8 Å². The fourth-order valence-corrected chi connectivity index (χ4v) is 2.15. The molecular formula is C11H24O6S. The lowest BCUT2D eigenvalue weighted by molar-refractivity contribution is -0.00575. The van der Waals surface area contributed by atoms with E-state index >= 15 is 0 Å². The number of hydrogen-bond acceptors (Lipinski definition) is 6. The van der Waals surface area contributed by atoms with Crippen LogP contribution in [0.5, 0.6) is 0 Å². The van der Waals surface area contributed by atoms with E-state index in [1.54, 1.807) is 0 Å². The third kappa shape index (κ3) is 10.9. The third-order valence-electron chi connectivity index (χ3n) is 2.11. The molecule has 1 N–H and O–H groups in total. The summed E-state index contributed by atoms with van der Waals surface area (Å²) in [5.41, 5.74) is 0. The minimum atomic E-state index is -3.43. The van der Waals surface area contributed by atoms with Crippen LogP contribution in [-0.4, -0.2) is 58.9 Å². The summed E-state index contributed by atoms with van der Waals surface area (Å²) in [4.78, 5) is 0. The van der Waals surface area contributed by atoms with Crippen LogP contribution in [0.15, 0.2) is 0 Å². The van der Waals surface area contributed by atoms with Crippen LogP contribution in [0.1, 0.15) is 26.2 Å². The normalized spacial score (nSPS) is 13.7. The topological polar surface area (TPSA) is 82.1 Å². The van der Waals surface area contributed by atoms with E-state index in [4.69, 9.17) is 13.7 Å². The Bertz CT molecular complexity index is 277. The molecule has 0 saturated carbocycles. The van der Waals surface area contributed by atoms with Gasteiger partial charge >= 0.3 is 0 Å². The molecule has 0 aliphatic rings. The van der Waals surface area contributed by atoms with Crippen LogP contribution in [0.3, 0.4) is 0 Å². The fraction of sp³-hybridized carbons (Fsp3) is 1.00. The second kappa shape index (κ2) is 10.7. The third-order valence-corrected chi connectivity index (χ3v) is 3.43. The number of rotatable bonds is 12. The molecule has 0 aromatic carbocycles. The van der Waals surface area contributed by atoms with Gasteiger partial charge in [-0.25, -0.2) is 0 Å². The Kier molecular flexibility index (Phi) is 10.6. The Morgan fingerprint density at radius 2 is 1.89 bits per heavy atom. The molecule has 18 heavy (non-hydrogen) atoms. The van der Waals surface area contributed by atoms with Crippen molar-refractivity contribution in [2.24, 2.45) is 0 Å². The van der Waals surface area contributed by atoms with Crippen molar-refractivity contribution >= 4 is 10.1 Å². The van der Waals surface area contributed by atoms with Crippen molar-refractivity contribution in [1.29, 1.82) is 0 Å². The van der Waals surface area contributed by atoms with E-state index in [1.807, 2.05) is 6.92 Å². The van der Waals surface area contributed by atoms with Crippen molar-refractivity contribution in [3.63, 3.8) is 0 Å². The maximum atomic E-state index is 11.4. The summed E-state index contributed by atoms with van der Waals surface area (Å²) in [7, 11) is -1.94. The zero-order valence-electron chi connectivity index (χ0n) is 11.1. The lowest BCUT2D eigenvalue weighted by atomic mass is 10.4. The Morgan fingerprint density at radius 3 is 2.50 bits per heavy atom. The van der Waals surface area contributed by atoms with Gasteiger partial charge < -0.3 is 14.6 Å². The van der Waals surface area contributed by atoms with Crippen molar-refractivity contribution in [3.8, 4) is 0 Å². The molecule has 0 bridgehead atoms. The van der Waals surface area contributed by atoms with Crippen LogP contribution in [-0.2, 0) is 23.8 Å². The standard InChI is InChI=1S/C11H24O6S/c1-3-4-7-17-18(13,14)8-5-6-16-10-11(12)9-15-2/h11-12H,3-10H2,1-2H3. The van der Waals surface area contributed by atoms with Gasteiger partial charge in [0.15, 0.2) is 0 Å². The van der Waals surface area contributed by atoms with E-state index in [2.05, 4.69) is 0 Å². The molecule has 0 radical (unpaired) electrons. The van der Waals surface area contributed by atoms with E-state index in [1.165, 1.54) is 7.11 Å². The van der Waals surface area contributed by atoms with E-state index < -0.39 is 16.2 Å². The van der Waals surface area contributed by atoms with Crippen molar-refractivity contribution in [2.45, 2.75) is 32.3 Å². The molecule has 1 unspecified atom stereocenters. The molecule has 0 aromatic rings. The fourth-order valence-electron chi connectivity index (χ4n) is 1.19. The number of aliphatic hydroxyl groups excluding tert-OH is 1. The van der Waals surface area contributed by atoms with Gasteiger partial charge in [-0.3, -0.25) is 4.18 Å². The van der Waals surface area contributed by atoms with E-state index in [0.717, 1.165) is 12.8 Å². The van der Waals surface area contributed by atoms with Gasteiger partial charge in [0, 0.05) is 13.7 Å². The largest absolute Gasteiger partial charge is 0.388 e. The highest BCUT2D eigenvalue weighted by atomic mass is 32.2. The molecule has 6 nitrogen and oxygen atoms in total. The molecule has 110 valence electrons. The molecule has 0 aliphatic carbocycles. The highest BCUT2D eigenvalue weighted by Gasteiger charge is 2.10. The Morgan fingerprint density at radius 1 is 1.17 bits per heavy atom. The van der Waals surface area contributed by atoms with Crippen LogP contribution in [0.25, 0.3) is 0 Å². The lowest BCUT2D eigenvalue weighted by Crippen LogP contribution is -2.21. The summed E-state index contributed by atoms with van der Waals surface area (Å²) < 4.78 is 37.3. The van der Waals surface area contributed by atoms with E-state index in [9.17, 15) is 13.5 Å². The second-order valence-corrected chi connectivity index (χ2v) is 5.73. The molecule has 0 saturated heterocycles. The quantitative estimate of drug-likeness (QED) is 0.416. The smallest absolute Gasteiger partial charge is 0.267 e. The van der Waals surface area contributed by atoms with Gasteiger partial charge in [-0.2, -0.15) is 8.42 Å². The summed E-state index contributed by atoms with van der Waals surface area (Å²) in [6.45, 7) is 2.83. The first-order valence-corrected chi connectivity index (χ1v) is 7.71. The van der Waals surface area contributed by atoms with E-state index in [-0.39, 0.29) is 32.2 Å². The zero-order valence-corrected chi connectivity index (χ0v) is 11.9. The van der Waals surface area contributed by atoms with Crippen molar-refractivity contribution in [2.75, 3.05) is 39.3 Å². The molecular weight excluding hydrogens is 260 g/mol. The summed E-state index contributed by atoms with van der Waals surface area (Å²) in [5, 5.41) is 9.26. The molecule has 7 heteroatoms. The highest BCUT2D eigenvalue weighted by Crippen LogP contribution is 2.00. The maximum Gasteiger partial charge on any atom is 0.267 e. The van der Waals surface area contributed by atoms with Crippen molar-refractivity contribution in [1.82, 2.24) is 0 Å². The average molecular weight is 284 g/mol. The van der Waals surface area contributed by atoms with Crippen LogP contribution >= 0.6 is 0 Å². The van der Waals surface area contributed by atoms with Gasteiger partial charge in [0.1, 0.15) is 6.10 Å². The van der Waals surface area contributed by atoms with E-state index in [0.29, 0.717) is 6.42 Å². The number of hydrogen-bond donors (Lipinski definition) is 1. The maximum absolute atomic E-state index is 11.4. The van der Waals surface area contributed by atoms with Gasteiger partial charge in [0.25, 0.3) is 10.1 Å². The molecule has 0 amide bonds. The Balaban J connectivity index is 3.52. The summed E-state index contributed by atoms with van der Waals surface area (Å²) >= 11 is 0. The molecule has 0 fully saturated rings. The molecule has 0 spiro atoms. The van der Waals surface area contributed by atoms with Crippen molar-refractivity contribution in [3.05, 3.63) is 0 Å². The van der Waals surface area contributed by atoms with Gasteiger partial charge in [0.2, 0.25) is 0 Å². The van der Waals surface area contributed by atoms with Gasteiger partial charge in [0.05, 0.1) is 25.6 Å². The van der Waals surface area contributed by atoms with Gasteiger partial charge in [-0.15, -0.1) is 0 Å². The second-order valence-electron chi connectivity index (χ2n) is 3.97. The minimum Gasteiger partial charge on any atom is -0.388 e. The predicted octanol–water partition coefficient (Wildman–Crippen LogP) is 0.547. The number of unbranched alkanes of at least 4 members (excludes halogenated alkanes) is 1. The first-order chi connectivity index (χ1) is 8.52. The van der Waals surface area contributed by atoms with Gasteiger partial charge in [-0.1, -0.05) is 13.3 Å². The van der Waals surface area contributed by atoms with Crippen molar-refractivity contribution < 1.29 is 27.2 Å². The highest BCUT2D eigenvalue weighted by molar-refractivity contribution is 7.86. The summed E-state index contributed by atoms with van der Waals surface area (Å²) in [5.74, 6) is -0.0584. The Hall–Kier alpha value is -0.210. The van der Waals surface area contributed by atoms with Crippen LogP contribution in [0.4, 0.5) is 0 Å². The predicted molar refractivity (Wildman–Crippen MR) is 68.0 cm³/mol. The first-order valence-electron chi connectivity index (χ1n) is 6.13. The number of ether oxygens (including phenoxy) is 2. The molecule has 0 heterocycles. The molecule has 1 atom stereocenters. The molecule has 0 rings (SSSR count). The average Bonchev–Trinajstić information content (AvgIpc) is 2.29. The Labute approximate surface area is 109 Å². The lowest BCUT2D eigenvalue weighted by Gasteiger charge is -2.10. The first kappa shape index (κ1) is 17.8. The summed E-state index contributed by atoms with van der Waals surface area (Å²) in [6, 6.07) is 0. The SMILES string of the molecule is CCCCOS(=O)(=O)CCCOCC(O)COC. The molecule has 0 aliphatic heterocycles. The number of methoxy groups -OCH3 is 1.